The van der Waals surface area contributed by atoms with Crippen molar-refractivity contribution in [1.82, 2.24) is 4.98 Å². The van der Waals surface area contributed by atoms with Gasteiger partial charge in [-0.25, -0.2) is 4.98 Å². The third-order valence-electron chi connectivity index (χ3n) is 3.08. The van der Waals surface area contributed by atoms with Crippen LogP contribution in [0.15, 0.2) is 30.5 Å². The number of nitrogens with one attached hydrogen (secondary N) is 2. The number of aromatic nitrogens is 1. The first-order valence-electron chi connectivity index (χ1n) is 6.79. The molecule has 1 amide bonds. The molecule has 1 heterocycles. The number of anilines is 2. The average Bonchev–Trinajstić information content (AvgIpc) is 2.44. The Kier molecular flexibility index (Phi) is 4.81. The average molecular weight is 304 g/mol. The van der Waals surface area contributed by atoms with Gasteiger partial charge in [0.25, 0.3) is 5.91 Å². The van der Waals surface area contributed by atoms with Gasteiger partial charge in [-0.1, -0.05) is 29.3 Å². The minimum Gasteiger partial charge on any atom is -0.369 e. The van der Waals surface area contributed by atoms with Crippen molar-refractivity contribution in [2.45, 2.75) is 20.8 Å². The van der Waals surface area contributed by atoms with Gasteiger partial charge in [0.15, 0.2) is 0 Å². The van der Waals surface area contributed by atoms with Crippen LogP contribution in [-0.2, 0) is 0 Å². The monoisotopic (exact) mass is 303 g/mol. The van der Waals surface area contributed by atoms with Crippen molar-refractivity contribution in [2.24, 2.45) is 0 Å². The van der Waals surface area contributed by atoms with E-state index in [2.05, 4.69) is 15.6 Å². The Morgan fingerprint density at radius 2 is 2.05 bits per heavy atom. The molecule has 0 atom stereocenters. The summed E-state index contributed by atoms with van der Waals surface area (Å²) in [7, 11) is 0. The third kappa shape index (κ3) is 3.73. The Morgan fingerprint density at radius 1 is 1.29 bits per heavy atom. The number of hydrogen-bond donors (Lipinski definition) is 2. The molecule has 21 heavy (non-hydrogen) atoms. The van der Waals surface area contributed by atoms with E-state index < -0.39 is 0 Å². The highest BCUT2D eigenvalue weighted by Crippen LogP contribution is 2.21. The first-order chi connectivity index (χ1) is 10.0. The molecule has 0 unspecified atom stereocenters. The van der Waals surface area contributed by atoms with Crippen molar-refractivity contribution >= 4 is 29.0 Å². The molecule has 0 saturated carbocycles. The van der Waals surface area contributed by atoms with Crippen molar-refractivity contribution in [3.05, 3.63) is 52.2 Å². The lowest BCUT2D eigenvalue weighted by Gasteiger charge is -2.10. The molecule has 2 aromatic rings. The van der Waals surface area contributed by atoms with Crippen LogP contribution in [-0.4, -0.2) is 17.4 Å². The third-order valence-corrected chi connectivity index (χ3v) is 3.37. The maximum Gasteiger partial charge on any atom is 0.257 e. The lowest BCUT2D eigenvalue weighted by atomic mass is 10.1. The molecule has 4 nitrogen and oxygen atoms in total. The Balaban J connectivity index is 2.18. The first-order valence-corrected chi connectivity index (χ1v) is 7.17. The fourth-order valence-electron chi connectivity index (χ4n) is 2.01. The van der Waals surface area contributed by atoms with Crippen LogP contribution in [0.3, 0.4) is 0 Å². The highest BCUT2D eigenvalue weighted by Gasteiger charge is 2.11. The van der Waals surface area contributed by atoms with Crippen molar-refractivity contribution in [3.63, 3.8) is 0 Å². The fraction of sp³-hybridized carbons (Fsp3) is 0.250. The predicted octanol–water partition coefficient (Wildman–Crippen LogP) is 4.04. The number of rotatable bonds is 4. The summed E-state index contributed by atoms with van der Waals surface area (Å²) in [5.41, 5.74) is 3.40. The molecule has 1 aromatic heterocycles. The Bertz CT molecular complexity index is 671. The van der Waals surface area contributed by atoms with E-state index in [1.165, 1.54) is 6.20 Å². The molecule has 0 saturated heterocycles. The lowest BCUT2D eigenvalue weighted by molar-refractivity contribution is 0.102. The molecule has 2 N–H and O–H groups in total. The molecule has 0 aliphatic rings. The van der Waals surface area contributed by atoms with Crippen molar-refractivity contribution < 1.29 is 4.79 Å². The van der Waals surface area contributed by atoms with Gasteiger partial charge in [0.1, 0.15) is 5.82 Å². The summed E-state index contributed by atoms with van der Waals surface area (Å²) in [6.45, 7) is 6.66. The summed E-state index contributed by atoms with van der Waals surface area (Å²) in [5.74, 6) is 0.363. The molecule has 0 aliphatic heterocycles. The van der Waals surface area contributed by atoms with E-state index >= 15 is 0 Å². The van der Waals surface area contributed by atoms with Crippen molar-refractivity contribution in [3.8, 4) is 0 Å². The van der Waals surface area contributed by atoms with Gasteiger partial charge in [-0.3, -0.25) is 4.79 Å². The lowest BCUT2D eigenvalue weighted by Crippen LogP contribution is -2.13. The summed E-state index contributed by atoms with van der Waals surface area (Å²) >= 11 is 6.10. The first kappa shape index (κ1) is 15.3. The van der Waals surface area contributed by atoms with Crippen LogP contribution >= 0.6 is 11.6 Å². The highest BCUT2D eigenvalue weighted by atomic mass is 35.5. The smallest absolute Gasteiger partial charge is 0.257 e. The zero-order valence-electron chi connectivity index (χ0n) is 12.3. The number of carbonyl (C=O) groups excluding carboxylic acids is 1. The number of aryl methyl sites for hydroxylation is 2. The van der Waals surface area contributed by atoms with E-state index in [1.54, 1.807) is 6.07 Å². The van der Waals surface area contributed by atoms with Crippen LogP contribution in [0.4, 0.5) is 11.5 Å². The van der Waals surface area contributed by atoms with Crippen LogP contribution in [0.25, 0.3) is 0 Å². The molecule has 0 bridgehead atoms. The Labute approximate surface area is 129 Å². The maximum atomic E-state index is 12.2. The largest absolute Gasteiger partial charge is 0.369 e. The van der Waals surface area contributed by atoms with Crippen LogP contribution in [0.1, 0.15) is 28.4 Å². The molecule has 0 spiro atoms. The zero-order valence-corrected chi connectivity index (χ0v) is 13.1. The number of nitrogens with zero attached hydrogens (tertiary/aromatic N) is 1. The minimum atomic E-state index is -0.223. The summed E-state index contributed by atoms with van der Waals surface area (Å²) < 4.78 is 0. The summed E-state index contributed by atoms with van der Waals surface area (Å²) in [4.78, 5) is 16.4. The molecule has 0 fully saturated rings. The molecule has 110 valence electrons. The molecule has 0 aliphatic carbocycles. The van der Waals surface area contributed by atoms with Gasteiger partial charge in [-0.05, 0) is 38.5 Å². The minimum absolute atomic E-state index is 0.223. The van der Waals surface area contributed by atoms with Crippen LogP contribution < -0.4 is 10.6 Å². The van der Waals surface area contributed by atoms with Crippen molar-refractivity contribution in [2.75, 3.05) is 17.2 Å². The quantitative estimate of drug-likeness (QED) is 0.896. The van der Waals surface area contributed by atoms with E-state index in [9.17, 15) is 4.79 Å². The van der Waals surface area contributed by atoms with E-state index in [0.717, 1.165) is 23.4 Å². The predicted molar refractivity (Wildman–Crippen MR) is 87.3 cm³/mol. The van der Waals surface area contributed by atoms with Gasteiger partial charge in [0.2, 0.25) is 0 Å². The molecule has 1 aromatic carbocycles. The summed E-state index contributed by atoms with van der Waals surface area (Å²) in [6, 6.07) is 7.49. The molecular weight excluding hydrogens is 286 g/mol. The standard InChI is InChI=1S/C16H18ClN3O/c1-4-18-15-13(17)8-12(9-19-15)16(21)20-14-6-5-10(2)7-11(14)3/h5-9H,4H2,1-3H3,(H,18,19)(H,20,21). The van der Waals surface area contributed by atoms with Crippen LogP contribution in [0.2, 0.25) is 5.02 Å². The van der Waals surface area contributed by atoms with Crippen LogP contribution in [0, 0.1) is 13.8 Å². The van der Waals surface area contributed by atoms with Crippen LogP contribution in [0.5, 0.6) is 0 Å². The zero-order chi connectivity index (χ0) is 15.4. The second kappa shape index (κ2) is 6.59. The highest BCUT2D eigenvalue weighted by molar-refractivity contribution is 6.33. The number of hydrogen-bond acceptors (Lipinski definition) is 3. The SMILES string of the molecule is CCNc1ncc(C(=O)Nc2ccc(C)cc2C)cc1Cl. The number of carbonyl (C=O) groups is 1. The van der Waals surface area contributed by atoms with Gasteiger partial charge in [-0.15, -0.1) is 0 Å². The fourth-order valence-corrected chi connectivity index (χ4v) is 2.24. The number of benzene rings is 1. The van der Waals surface area contributed by atoms with Crippen molar-refractivity contribution in [1.29, 1.82) is 0 Å². The van der Waals surface area contributed by atoms with Gasteiger partial charge in [-0.2, -0.15) is 0 Å². The second-order valence-corrected chi connectivity index (χ2v) is 5.26. The van der Waals surface area contributed by atoms with Gasteiger partial charge in [0, 0.05) is 18.4 Å². The number of pyridine rings is 1. The van der Waals surface area contributed by atoms with E-state index in [0.29, 0.717) is 16.4 Å². The number of amides is 1. The maximum absolute atomic E-state index is 12.2. The summed E-state index contributed by atoms with van der Waals surface area (Å²) in [5, 5.41) is 6.34. The van der Waals surface area contributed by atoms with Gasteiger partial charge < -0.3 is 10.6 Å². The molecule has 5 heteroatoms. The Hall–Kier alpha value is -2.07. The second-order valence-electron chi connectivity index (χ2n) is 4.86. The molecule has 2 rings (SSSR count). The summed E-state index contributed by atoms with van der Waals surface area (Å²) in [6.07, 6.45) is 1.52. The number of halogens is 1. The van der Waals surface area contributed by atoms with Gasteiger partial charge >= 0.3 is 0 Å². The molecule has 0 radical (unpaired) electrons. The Morgan fingerprint density at radius 3 is 2.67 bits per heavy atom. The van der Waals surface area contributed by atoms with E-state index in [4.69, 9.17) is 11.6 Å². The van der Waals surface area contributed by atoms with E-state index in [-0.39, 0.29) is 5.91 Å². The normalized spacial score (nSPS) is 10.3. The topological polar surface area (TPSA) is 54.0 Å². The molecular formula is C16H18ClN3O. The van der Waals surface area contributed by atoms with Gasteiger partial charge in [0.05, 0.1) is 10.6 Å². The van der Waals surface area contributed by atoms with E-state index in [1.807, 2.05) is 39.0 Å².